The highest BCUT2D eigenvalue weighted by molar-refractivity contribution is 7.89. The van der Waals surface area contributed by atoms with Crippen molar-refractivity contribution in [1.82, 2.24) is 19.9 Å². The van der Waals surface area contributed by atoms with Crippen molar-refractivity contribution in [3.05, 3.63) is 33.8 Å². The molecule has 0 spiro atoms. The molecule has 0 saturated heterocycles. The molecule has 2 saturated carbocycles. The van der Waals surface area contributed by atoms with Crippen LogP contribution in [0.5, 0.6) is 0 Å². The van der Waals surface area contributed by atoms with Gasteiger partial charge in [-0.2, -0.15) is 17.9 Å². The van der Waals surface area contributed by atoms with Gasteiger partial charge < -0.3 is 9.52 Å². The third-order valence-corrected chi connectivity index (χ3v) is 11.0. The minimum absolute atomic E-state index is 0.144. The molecule has 2 aromatic heterocycles. The number of aromatic nitrogens is 3. The molecule has 0 bridgehead atoms. The Kier molecular flexibility index (Phi) is 7.94. The minimum atomic E-state index is -4.79. The summed E-state index contributed by atoms with van der Waals surface area (Å²) >= 11 is 14.0. The molecule has 5 rings (SSSR count). The topological polar surface area (TPSA) is 135 Å². The number of carbonyl (C=O) groups is 1. The number of alkyl halides is 3. The van der Waals surface area contributed by atoms with Gasteiger partial charge in [-0.05, 0) is 38.2 Å². The zero-order valence-corrected chi connectivity index (χ0v) is 24.0. The number of carboxylic acid groups (broad SMARTS) is 1. The zero-order valence-electron chi connectivity index (χ0n) is 20.8. The smallest absolute Gasteiger partial charge is 0.404 e. The van der Waals surface area contributed by atoms with Crippen LogP contribution in [-0.2, 0) is 21.2 Å². The fourth-order valence-corrected chi connectivity index (χ4v) is 7.75. The normalized spacial score (nSPS) is 20.6. The third kappa shape index (κ3) is 5.73. The molecule has 2 aliphatic rings. The molecule has 16 heteroatoms. The van der Waals surface area contributed by atoms with Crippen LogP contribution in [0.2, 0.25) is 10.0 Å². The van der Waals surface area contributed by atoms with Crippen LogP contribution in [0.4, 0.5) is 13.2 Å². The molecule has 0 radical (unpaired) electrons. The van der Waals surface area contributed by atoms with Gasteiger partial charge in [0.2, 0.25) is 15.9 Å². The molecular formula is C24H23Cl2F3N4O5S2. The van der Waals surface area contributed by atoms with Gasteiger partial charge in [0.15, 0.2) is 5.01 Å². The average molecular weight is 640 g/mol. The fraction of sp³-hybridized carbons (Fsp3) is 0.500. The molecule has 1 unspecified atom stereocenters. The lowest BCUT2D eigenvalue weighted by atomic mass is 9.75. The van der Waals surface area contributed by atoms with Gasteiger partial charge in [0.05, 0.1) is 26.5 Å². The lowest BCUT2D eigenvalue weighted by Crippen LogP contribution is -2.43. The summed E-state index contributed by atoms with van der Waals surface area (Å²) in [6.45, 7) is 0.686. The predicted octanol–water partition coefficient (Wildman–Crippen LogP) is 6.32. The van der Waals surface area contributed by atoms with Gasteiger partial charge in [0, 0.05) is 11.5 Å². The number of carboxylic acids is 1. The number of sulfonamides is 1. The molecule has 2 fully saturated rings. The number of hydrogen-bond acceptors (Lipinski definition) is 8. The van der Waals surface area contributed by atoms with Gasteiger partial charge in [-0.3, -0.25) is 4.79 Å². The fourth-order valence-electron chi connectivity index (χ4n) is 4.55. The van der Waals surface area contributed by atoms with Gasteiger partial charge in [-0.1, -0.05) is 48.5 Å². The van der Waals surface area contributed by atoms with E-state index in [0.29, 0.717) is 59.1 Å². The number of hydrogen-bond donors (Lipinski definition) is 2. The second-order valence-electron chi connectivity index (χ2n) is 10.1. The summed E-state index contributed by atoms with van der Waals surface area (Å²) in [7, 11) is -4.64. The second kappa shape index (κ2) is 10.9. The molecule has 0 aliphatic heterocycles. The summed E-state index contributed by atoms with van der Waals surface area (Å²) in [5.41, 5.74) is 1.05. The van der Waals surface area contributed by atoms with Gasteiger partial charge in [-0.25, -0.2) is 13.4 Å². The summed E-state index contributed by atoms with van der Waals surface area (Å²) in [5.74, 6) is -0.551. The number of rotatable bonds is 9. The van der Waals surface area contributed by atoms with Crippen molar-refractivity contribution in [2.24, 2.45) is 11.8 Å². The van der Waals surface area contributed by atoms with E-state index in [1.165, 1.54) is 17.4 Å². The average Bonchev–Trinajstić information content (AvgIpc) is 3.43. The largest absolute Gasteiger partial charge is 0.481 e. The number of halogens is 5. The van der Waals surface area contributed by atoms with Crippen molar-refractivity contribution in [2.75, 3.05) is 0 Å². The van der Waals surface area contributed by atoms with Crippen molar-refractivity contribution >= 4 is 50.5 Å². The first-order valence-corrected chi connectivity index (χ1v) is 15.4. The van der Waals surface area contributed by atoms with Gasteiger partial charge in [0.1, 0.15) is 10.9 Å². The quantitative estimate of drug-likeness (QED) is 0.278. The first kappa shape index (κ1) is 29.2. The first-order valence-electron chi connectivity index (χ1n) is 12.4. The van der Waals surface area contributed by atoms with Crippen LogP contribution in [-0.4, -0.2) is 46.9 Å². The third-order valence-electron chi connectivity index (χ3n) is 7.27. The zero-order chi connectivity index (χ0) is 29.0. The van der Waals surface area contributed by atoms with E-state index in [4.69, 9.17) is 37.7 Å². The van der Waals surface area contributed by atoms with Crippen molar-refractivity contribution in [2.45, 2.75) is 68.5 Å². The SMILES string of the molecule is CC(NS(=O)(=O)c1ccc(-c2sc(-c3nnc([C@H]4C[C@H](C(=O)O)C4)o3)nc2CC2CCC2)c(Cl)c1Cl)C(F)(F)F. The van der Waals surface area contributed by atoms with E-state index in [9.17, 15) is 26.4 Å². The van der Waals surface area contributed by atoms with Gasteiger partial charge >= 0.3 is 12.1 Å². The van der Waals surface area contributed by atoms with E-state index < -0.39 is 44.0 Å². The molecular weight excluding hydrogens is 616 g/mol. The highest BCUT2D eigenvalue weighted by Crippen LogP contribution is 2.46. The summed E-state index contributed by atoms with van der Waals surface area (Å²) < 4.78 is 71.7. The Bertz CT molecular complexity index is 1550. The predicted molar refractivity (Wildman–Crippen MR) is 141 cm³/mol. The van der Waals surface area contributed by atoms with Gasteiger partial charge in [-0.15, -0.1) is 21.5 Å². The van der Waals surface area contributed by atoms with E-state index in [1.54, 1.807) is 4.72 Å². The van der Waals surface area contributed by atoms with Crippen molar-refractivity contribution in [1.29, 1.82) is 0 Å². The second-order valence-corrected chi connectivity index (χ2v) is 13.5. The summed E-state index contributed by atoms with van der Waals surface area (Å²) in [4.78, 5) is 15.9. The Labute approximate surface area is 241 Å². The van der Waals surface area contributed by atoms with E-state index in [1.807, 2.05) is 0 Å². The van der Waals surface area contributed by atoms with Crippen LogP contribution < -0.4 is 4.72 Å². The van der Waals surface area contributed by atoms with Crippen LogP contribution in [0.15, 0.2) is 21.4 Å². The van der Waals surface area contributed by atoms with Crippen LogP contribution in [0.25, 0.3) is 21.3 Å². The monoisotopic (exact) mass is 638 g/mol. The van der Waals surface area contributed by atoms with Gasteiger partial charge in [0.25, 0.3) is 5.89 Å². The molecule has 1 aromatic carbocycles. The number of nitrogens with zero attached hydrogens (tertiary/aromatic N) is 3. The Morgan fingerprint density at radius 3 is 2.52 bits per heavy atom. The molecule has 1 atom stereocenters. The van der Waals surface area contributed by atoms with Crippen LogP contribution in [0.1, 0.15) is 56.5 Å². The molecule has 9 nitrogen and oxygen atoms in total. The lowest BCUT2D eigenvalue weighted by Gasteiger charge is -2.29. The van der Waals surface area contributed by atoms with Crippen LogP contribution in [0.3, 0.4) is 0 Å². The molecule has 2 heterocycles. The maximum atomic E-state index is 13.0. The maximum Gasteiger partial charge on any atom is 0.404 e. The molecule has 40 heavy (non-hydrogen) atoms. The Hall–Kier alpha value is -2.26. The van der Waals surface area contributed by atoms with E-state index >= 15 is 0 Å². The van der Waals surface area contributed by atoms with E-state index in [2.05, 4.69) is 10.2 Å². The van der Waals surface area contributed by atoms with E-state index in [0.717, 1.165) is 25.3 Å². The van der Waals surface area contributed by atoms with Crippen molar-refractivity contribution < 1.29 is 35.9 Å². The number of benzene rings is 1. The maximum absolute atomic E-state index is 13.0. The van der Waals surface area contributed by atoms with Crippen molar-refractivity contribution in [3.63, 3.8) is 0 Å². The Morgan fingerprint density at radius 2 is 1.93 bits per heavy atom. The molecule has 216 valence electrons. The number of nitrogens with one attached hydrogen (secondary N) is 1. The molecule has 3 aromatic rings. The van der Waals surface area contributed by atoms with Crippen LogP contribution >= 0.6 is 34.5 Å². The molecule has 0 amide bonds. The van der Waals surface area contributed by atoms with Crippen LogP contribution in [0, 0.1) is 11.8 Å². The first-order chi connectivity index (χ1) is 18.7. The summed E-state index contributed by atoms with van der Waals surface area (Å²) in [6.07, 6.45) is -0.195. The lowest BCUT2D eigenvalue weighted by molar-refractivity contribution is -0.147. The molecule has 2 N–H and O–H groups in total. The highest BCUT2D eigenvalue weighted by Gasteiger charge is 2.40. The standard InChI is InChI=1S/C24H23Cl2F3N4O5S2/c1-10(24(27,28)29)33-40(36,37)16-6-5-14(17(25)18(16)26)19-15(7-11-3-2-4-11)30-22(39-19)21-32-31-20(38-21)12-8-13(9-12)23(34)35/h5-6,10-13,33H,2-4,7-9H2,1H3,(H,34,35)/t10?,12-,13-. The minimum Gasteiger partial charge on any atom is -0.481 e. The molecule has 2 aliphatic carbocycles. The summed E-state index contributed by atoms with van der Waals surface area (Å²) in [5, 5.41) is 17.1. The highest BCUT2D eigenvalue weighted by atomic mass is 35.5. The summed E-state index contributed by atoms with van der Waals surface area (Å²) in [6, 6.07) is 0.170. The number of thiazole rings is 1. The Morgan fingerprint density at radius 1 is 1.23 bits per heavy atom. The Balaban J connectivity index is 1.47. The van der Waals surface area contributed by atoms with Crippen molar-refractivity contribution in [3.8, 4) is 21.3 Å². The number of aliphatic carboxylic acids is 1. The van der Waals surface area contributed by atoms with E-state index in [-0.39, 0.29) is 16.8 Å².